The molecule has 0 fully saturated rings. The molecule has 0 aliphatic carbocycles. The van der Waals surface area contributed by atoms with E-state index in [2.05, 4.69) is 55.2 Å². The average molecular weight is 239 g/mol. The van der Waals surface area contributed by atoms with Gasteiger partial charge in [-0.1, -0.05) is 6.92 Å². The summed E-state index contributed by atoms with van der Waals surface area (Å²) in [7, 11) is 4.20. The summed E-state index contributed by atoms with van der Waals surface area (Å²) in [6.45, 7) is 9.23. The van der Waals surface area contributed by atoms with Crippen molar-refractivity contribution in [3.05, 3.63) is 12.2 Å². The standard InChI is InChI=1S/C12H25N5/c1-6-7-17-11(14-10-15-17)8-13-9-12(2,3)16(4)5/h10,13H,6-9H2,1-5H3. The highest BCUT2D eigenvalue weighted by Gasteiger charge is 2.19. The van der Waals surface area contributed by atoms with Crippen LogP contribution in [0.5, 0.6) is 0 Å². The van der Waals surface area contributed by atoms with Crippen molar-refractivity contribution >= 4 is 0 Å². The maximum absolute atomic E-state index is 4.27. The van der Waals surface area contributed by atoms with Crippen molar-refractivity contribution in [3.63, 3.8) is 0 Å². The maximum atomic E-state index is 4.27. The molecule has 0 saturated carbocycles. The number of nitrogens with zero attached hydrogens (tertiary/aromatic N) is 4. The van der Waals surface area contributed by atoms with Crippen LogP contribution in [0.25, 0.3) is 0 Å². The van der Waals surface area contributed by atoms with Crippen LogP contribution in [-0.4, -0.2) is 45.8 Å². The van der Waals surface area contributed by atoms with Gasteiger partial charge in [-0.25, -0.2) is 9.67 Å². The van der Waals surface area contributed by atoms with E-state index in [4.69, 9.17) is 0 Å². The van der Waals surface area contributed by atoms with Gasteiger partial charge in [0.05, 0.1) is 6.54 Å². The molecule has 1 N–H and O–H groups in total. The molecule has 0 unspecified atom stereocenters. The van der Waals surface area contributed by atoms with Crippen LogP contribution in [0.1, 0.15) is 33.0 Å². The number of rotatable bonds is 7. The van der Waals surface area contributed by atoms with Crippen LogP contribution in [0, 0.1) is 0 Å². The highest BCUT2D eigenvalue weighted by Crippen LogP contribution is 2.08. The van der Waals surface area contributed by atoms with E-state index in [0.29, 0.717) is 0 Å². The lowest BCUT2D eigenvalue weighted by Gasteiger charge is -2.32. The fourth-order valence-electron chi connectivity index (χ4n) is 1.46. The first-order valence-corrected chi connectivity index (χ1v) is 6.22. The number of hydrogen-bond donors (Lipinski definition) is 1. The van der Waals surface area contributed by atoms with Gasteiger partial charge < -0.3 is 10.2 Å². The smallest absolute Gasteiger partial charge is 0.140 e. The Bertz CT molecular complexity index is 329. The van der Waals surface area contributed by atoms with Crippen LogP contribution < -0.4 is 5.32 Å². The highest BCUT2D eigenvalue weighted by molar-refractivity contribution is 4.86. The summed E-state index contributed by atoms with van der Waals surface area (Å²) in [6, 6.07) is 0. The van der Waals surface area contributed by atoms with E-state index in [-0.39, 0.29) is 5.54 Å². The zero-order valence-corrected chi connectivity index (χ0v) is 11.7. The Morgan fingerprint density at radius 1 is 1.41 bits per heavy atom. The van der Waals surface area contributed by atoms with Gasteiger partial charge in [0.25, 0.3) is 0 Å². The monoisotopic (exact) mass is 239 g/mol. The van der Waals surface area contributed by atoms with Crippen LogP contribution in [0.4, 0.5) is 0 Å². The zero-order valence-electron chi connectivity index (χ0n) is 11.7. The summed E-state index contributed by atoms with van der Waals surface area (Å²) in [6.07, 6.45) is 2.71. The Labute approximate surface area is 104 Å². The summed E-state index contributed by atoms with van der Waals surface area (Å²) < 4.78 is 1.97. The molecule has 17 heavy (non-hydrogen) atoms. The lowest BCUT2D eigenvalue weighted by molar-refractivity contribution is 0.189. The van der Waals surface area contributed by atoms with Gasteiger partial charge in [-0.3, -0.25) is 0 Å². The number of nitrogens with one attached hydrogen (secondary N) is 1. The second-order valence-electron chi connectivity index (χ2n) is 5.21. The average Bonchev–Trinajstić information content (AvgIpc) is 2.66. The molecular formula is C12H25N5. The predicted octanol–water partition coefficient (Wildman–Crippen LogP) is 1.12. The quantitative estimate of drug-likeness (QED) is 0.774. The fourth-order valence-corrected chi connectivity index (χ4v) is 1.46. The van der Waals surface area contributed by atoms with Crippen LogP contribution in [0.15, 0.2) is 6.33 Å². The summed E-state index contributed by atoms with van der Waals surface area (Å²) in [5.41, 5.74) is 0.148. The second kappa shape index (κ2) is 6.12. The molecule has 0 amide bonds. The Balaban J connectivity index is 2.43. The van der Waals surface area contributed by atoms with E-state index < -0.39 is 0 Å². The van der Waals surface area contributed by atoms with Crippen LogP contribution >= 0.6 is 0 Å². The van der Waals surface area contributed by atoms with Gasteiger partial charge in [0.1, 0.15) is 12.2 Å². The molecule has 1 aromatic heterocycles. The van der Waals surface area contributed by atoms with Crippen LogP contribution in [0.3, 0.4) is 0 Å². The minimum Gasteiger partial charge on any atom is -0.308 e. The van der Waals surface area contributed by atoms with Crippen LogP contribution in [0.2, 0.25) is 0 Å². The van der Waals surface area contributed by atoms with Gasteiger partial charge in [0, 0.05) is 18.6 Å². The summed E-state index contributed by atoms with van der Waals surface area (Å²) in [5.74, 6) is 1.02. The van der Waals surface area contributed by atoms with Crippen molar-refractivity contribution < 1.29 is 0 Å². The summed E-state index contributed by atoms with van der Waals surface area (Å²) in [5, 5.41) is 7.65. The molecular weight excluding hydrogens is 214 g/mol. The molecule has 0 saturated heterocycles. The highest BCUT2D eigenvalue weighted by atomic mass is 15.3. The molecule has 98 valence electrons. The normalized spacial score (nSPS) is 12.4. The first kappa shape index (κ1) is 14.1. The molecule has 0 spiro atoms. The van der Waals surface area contributed by atoms with E-state index >= 15 is 0 Å². The third-order valence-corrected chi connectivity index (χ3v) is 3.18. The molecule has 1 rings (SSSR count). The molecule has 0 bridgehead atoms. The SMILES string of the molecule is CCCn1ncnc1CNCC(C)(C)N(C)C. The molecule has 0 atom stereocenters. The minimum absolute atomic E-state index is 0.148. The molecule has 0 radical (unpaired) electrons. The predicted molar refractivity (Wildman–Crippen MR) is 69.8 cm³/mol. The lowest BCUT2D eigenvalue weighted by atomic mass is 10.0. The van der Waals surface area contributed by atoms with Gasteiger partial charge in [0.2, 0.25) is 0 Å². The van der Waals surface area contributed by atoms with Crippen molar-refractivity contribution in [1.82, 2.24) is 25.0 Å². The number of aromatic nitrogens is 3. The van der Waals surface area contributed by atoms with E-state index in [0.717, 1.165) is 31.9 Å². The zero-order chi connectivity index (χ0) is 12.9. The molecule has 1 heterocycles. The van der Waals surface area contributed by atoms with E-state index in [9.17, 15) is 0 Å². The molecule has 1 aromatic rings. The first-order chi connectivity index (χ1) is 7.97. The fraction of sp³-hybridized carbons (Fsp3) is 0.833. The van der Waals surface area contributed by atoms with Gasteiger partial charge in [0.15, 0.2) is 0 Å². The number of hydrogen-bond acceptors (Lipinski definition) is 4. The Hall–Kier alpha value is -0.940. The maximum Gasteiger partial charge on any atom is 0.140 e. The largest absolute Gasteiger partial charge is 0.308 e. The Morgan fingerprint density at radius 2 is 2.12 bits per heavy atom. The topological polar surface area (TPSA) is 46.0 Å². The molecule has 5 nitrogen and oxygen atoms in total. The van der Waals surface area contributed by atoms with Gasteiger partial charge in [-0.2, -0.15) is 5.10 Å². The van der Waals surface area contributed by atoms with Crippen molar-refractivity contribution in [2.75, 3.05) is 20.6 Å². The first-order valence-electron chi connectivity index (χ1n) is 6.22. The molecule has 0 aromatic carbocycles. The molecule has 0 aliphatic heterocycles. The third kappa shape index (κ3) is 4.09. The van der Waals surface area contributed by atoms with Crippen molar-refractivity contribution in [2.45, 2.75) is 45.8 Å². The summed E-state index contributed by atoms with van der Waals surface area (Å²) >= 11 is 0. The van der Waals surface area contributed by atoms with E-state index in [1.165, 1.54) is 0 Å². The van der Waals surface area contributed by atoms with Gasteiger partial charge in [-0.15, -0.1) is 0 Å². The van der Waals surface area contributed by atoms with Gasteiger partial charge >= 0.3 is 0 Å². The molecule has 5 heteroatoms. The lowest BCUT2D eigenvalue weighted by Crippen LogP contribution is -2.46. The third-order valence-electron chi connectivity index (χ3n) is 3.18. The van der Waals surface area contributed by atoms with Crippen molar-refractivity contribution in [1.29, 1.82) is 0 Å². The number of likely N-dealkylation sites (N-methyl/N-ethyl adjacent to an activating group) is 1. The van der Waals surface area contributed by atoms with E-state index in [1.54, 1.807) is 6.33 Å². The molecule has 0 aliphatic rings. The van der Waals surface area contributed by atoms with Crippen molar-refractivity contribution in [3.8, 4) is 0 Å². The Morgan fingerprint density at radius 3 is 2.71 bits per heavy atom. The van der Waals surface area contributed by atoms with Gasteiger partial charge in [-0.05, 0) is 34.4 Å². The Kier molecular flexibility index (Phi) is 5.08. The second-order valence-corrected chi connectivity index (χ2v) is 5.21. The van der Waals surface area contributed by atoms with E-state index in [1.807, 2.05) is 4.68 Å². The summed E-state index contributed by atoms with van der Waals surface area (Å²) in [4.78, 5) is 6.49. The minimum atomic E-state index is 0.148. The van der Waals surface area contributed by atoms with Crippen LogP contribution in [-0.2, 0) is 13.1 Å². The van der Waals surface area contributed by atoms with Crippen molar-refractivity contribution in [2.24, 2.45) is 0 Å². The number of aryl methyl sites for hydroxylation is 1.